The Bertz CT molecular complexity index is 874. The number of nitrogens with zero attached hydrogens (tertiary/aromatic N) is 1. The third kappa shape index (κ3) is 5.96. The molecule has 0 aliphatic rings. The molecule has 0 spiro atoms. The molecule has 1 N–H and O–H groups in total. The van der Waals surface area contributed by atoms with Gasteiger partial charge in [-0.05, 0) is 42.3 Å². The number of nitro benzene ring substituents is 1. The topological polar surface area (TPSA) is 108 Å². The summed E-state index contributed by atoms with van der Waals surface area (Å²) in [5.74, 6) is -0.507. The molecule has 0 aliphatic carbocycles. The molecule has 0 aliphatic heterocycles. The number of carbonyl (C=O) groups excluding carboxylic acids is 2. The predicted molar refractivity (Wildman–Crippen MR) is 99.5 cm³/mol. The van der Waals surface area contributed by atoms with Crippen LogP contribution in [0.25, 0.3) is 6.08 Å². The SMILES string of the molecule is COc1ccc(/C=C/C(=O)OCC(=O)Nc2ccc([N+](=O)[O-])cc2C)cc1. The molecule has 0 heterocycles. The summed E-state index contributed by atoms with van der Waals surface area (Å²) < 4.78 is 9.92. The summed E-state index contributed by atoms with van der Waals surface area (Å²) >= 11 is 0. The van der Waals surface area contributed by atoms with Crippen LogP contribution in [0.4, 0.5) is 11.4 Å². The highest BCUT2D eigenvalue weighted by Crippen LogP contribution is 2.21. The molecule has 27 heavy (non-hydrogen) atoms. The minimum absolute atomic E-state index is 0.0689. The average molecular weight is 370 g/mol. The number of methoxy groups -OCH3 is 1. The van der Waals surface area contributed by atoms with E-state index in [4.69, 9.17) is 9.47 Å². The van der Waals surface area contributed by atoms with E-state index in [1.54, 1.807) is 44.4 Å². The van der Waals surface area contributed by atoms with Gasteiger partial charge in [0.05, 0.1) is 12.0 Å². The van der Waals surface area contributed by atoms with Crippen LogP contribution in [-0.4, -0.2) is 30.5 Å². The van der Waals surface area contributed by atoms with Gasteiger partial charge in [0, 0.05) is 23.9 Å². The molecule has 8 nitrogen and oxygen atoms in total. The number of anilines is 1. The number of carbonyl (C=O) groups is 2. The fourth-order valence-corrected chi connectivity index (χ4v) is 2.15. The Morgan fingerprint density at radius 1 is 1.19 bits per heavy atom. The van der Waals surface area contributed by atoms with Gasteiger partial charge in [0.15, 0.2) is 6.61 Å². The number of hydrogen-bond acceptors (Lipinski definition) is 6. The van der Waals surface area contributed by atoms with Crippen LogP contribution in [0.15, 0.2) is 48.5 Å². The number of hydrogen-bond donors (Lipinski definition) is 1. The Kier molecular flexibility index (Phi) is 6.65. The van der Waals surface area contributed by atoms with Crippen LogP contribution in [0.3, 0.4) is 0 Å². The van der Waals surface area contributed by atoms with Crippen LogP contribution in [0, 0.1) is 17.0 Å². The van der Waals surface area contributed by atoms with Gasteiger partial charge in [-0.1, -0.05) is 12.1 Å². The van der Waals surface area contributed by atoms with Gasteiger partial charge >= 0.3 is 5.97 Å². The normalized spacial score (nSPS) is 10.4. The van der Waals surface area contributed by atoms with E-state index >= 15 is 0 Å². The number of rotatable bonds is 7. The molecule has 0 unspecified atom stereocenters. The maximum Gasteiger partial charge on any atom is 0.331 e. The van der Waals surface area contributed by atoms with Gasteiger partial charge in [-0.2, -0.15) is 0 Å². The van der Waals surface area contributed by atoms with Crippen molar-refractivity contribution in [2.75, 3.05) is 19.0 Å². The van der Waals surface area contributed by atoms with Crippen molar-refractivity contribution in [2.24, 2.45) is 0 Å². The predicted octanol–water partition coefficient (Wildman–Crippen LogP) is 3.11. The molecule has 0 bridgehead atoms. The fourth-order valence-electron chi connectivity index (χ4n) is 2.15. The maximum absolute atomic E-state index is 11.9. The van der Waals surface area contributed by atoms with E-state index in [2.05, 4.69) is 5.32 Å². The second-order valence-electron chi connectivity index (χ2n) is 5.52. The lowest BCUT2D eigenvalue weighted by molar-refractivity contribution is -0.384. The molecule has 0 saturated heterocycles. The van der Waals surface area contributed by atoms with Crippen molar-refractivity contribution in [3.8, 4) is 5.75 Å². The maximum atomic E-state index is 11.9. The lowest BCUT2D eigenvalue weighted by atomic mass is 10.2. The first-order valence-electron chi connectivity index (χ1n) is 7.93. The number of amides is 1. The van der Waals surface area contributed by atoms with Gasteiger partial charge in [-0.3, -0.25) is 14.9 Å². The van der Waals surface area contributed by atoms with Crippen molar-refractivity contribution < 1.29 is 24.0 Å². The van der Waals surface area contributed by atoms with Crippen molar-refractivity contribution in [3.63, 3.8) is 0 Å². The highest BCUT2D eigenvalue weighted by atomic mass is 16.6. The zero-order valence-corrected chi connectivity index (χ0v) is 14.8. The summed E-state index contributed by atoms with van der Waals surface area (Å²) in [5.41, 5.74) is 1.65. The molecule has 1 amide bonds. The Morgan fingerprint density at radius 2 is 1.89 bits per heavy atom. The van der Waals surface area contributed by atoms with E-state index in [-0.39, 0.29) is 5.69 Å². The number of benzene rings is 2. The van der Waals surface area contributed by atoms with Gasteiger partial charge in [-0.15, -0.1) is 0 Å². The second kappa shape index (κ2) is 9.14. The lowest BCUT2D eigenvalue weighted by Gasteiger charge is -2.08. The van der Waals surface area contributed by atoms with Gasteiger partial charge in [0.1, 0.15) is 5.75 Å². The molecule has 8 heteroatoms. The minimum atomic E-state index is -0.665. The molecule has 2 aromatic rings. The molecule has 0 fully saturated rings. The summed E-state index contributed by atoms with van der Waals surface area (Å²) in [5, 5.41) is 13.2. The Balaban J connectivity index is 1.84. The number of nitro groups is 1. The van der Waals surface area contributed by atoms with E-state index in [1.165, 1.54) is 24.3 Å². The zero-order chi connectivity index (χ0) is 19.8. The molecule has 0 atom stereocenters. The molecule has 140 valence electrons. The lowest BCUT2D eigenvalue weighted by Crippen LogP contribution is -2.20. The van der Waals surface area contributed by atoms with Crippen LogP contribution >= 0.6 is 0 Å². The van der Waals surface area contributed by atoms with Gasteiger partial charge in [0.25, 0.3) is 11.6 Å². The first kappa shape index (κ1) is 19.6. The Labute approximate surface area is 155 Å². The van der Waals surface area contributed by atoms with Crippen LogP contribution < -0.4 is 10.1 Å². The molecule has 0 aromatic heterocycles. The van der Waals surface area contributed by atoms with Gasteiger partial charge in [0.2, 0.25) is 0 Å². The van der Waals surface area contributed by atoms with Crippen LogP contribution in [0.2, 0.25) is 0 Å². The number of ether oxygens (including phenoxy) is 2. The summed E-state index contributed by atoms with van der Waals surface area (Å²) in [6.45, 7) is 1.16. The van der Waals surface area contributed by atoms with E-state index in [0.29, 0.717) is 17.0 Å². The van der Waals surface area contributed by atoms with Crippen molar-refractivity contribution in [1.82, 2.24) is 0 Å². The van der Waals surface area contributed by atoms with Gasteiger partial charge in [-0.25, -0.2) is 4.79 Å². The van der Waals surface area contributed by atoms with E-state index in [0.717, 1.165) is 5.56 Å². The number of non-ortho nitro benzene ring substituents is 1. The van der Waals surface area contributed by atoms with Crippen molar-refractivity contribution in [2.45, 2.75) is 6.92 Å². The monoisotopic (exact) mass is 370 g/mol. The third-order valence-corrected chi connectivity index (χ3v) is 3.57. The molecule has 2 aromatic carbocycles. The number of aryl methyl sites for hydroxylation is 1. The molecule has 2 rings (SSSR count). The molecular weight excluding hydrogens is 352 g/mol. The summed E-state index contributed by atoms with van der Waals surface area (Å²) in [7, 11) is 1.56. The van der Waals surface area contributed by atoms with Crippen LogP contribution in [0.5, 0.6) is 5.75 Å². The van der Waals surface area contributed by atoms with E-state index in [1.807, 2.05) is 0 Å². The highest BCUT2D eigenvalue weighted by Gasteiger charge is 2.11. The van der Waals surface area contributed by atoms with E-state index < -0.39 is 23.4 Å². The smallest absolute Gasteiger partial charge is 0.331 e. The zero-order valence-electron chi connectivity index (χ0n) is 14.8. The van der Waals surface area contributed by atoms with Crippen molar-refractivity contribution in [3.05, 3.63) is 69.8 Å². The van der Waals surface area contributed by atoms with Crippen LogP contribution in [-0.2, 0) is 14.3 Å². The highest BCUT2D eigenvalue weighted by molar-refractivity contribution is 5.95. The number of esters is 1. The van der Waals surface area contributed by atoms with Gasteiger partial charge < -0.3 is 14.8 Å². The minimum Gasteiger partial charge on any atom is -0.497 e. The van der Waals surface area contributed by atoms with Crippen molar-refractivity contribution in [1.29, 1.82) is 0 Å². The molecule has 0 radical (unpaired) electrons. The largest absolute Gasteiger partial charge is 0.497 e. The second-order valence-corrected chi connectivity index (χ2v) is 5.52. The summed E-state index contributed by atoms with van der Waals surface area (Å²) in [6.07, 6.45) is 2.77. The number of nitrogens with one attached hydrogen (secondary N) is 1. The van der Waals surface area contributed by atoms with Crippen molar-refractivity contribution >= 4 is 29.3 Å². The third-order valence-electron chi connectivity index (χ3n) is 3.57. The Hall–Kier alpha value is -3.68. The molecule has 0 saturated carbocycles. The fraction of sp³-hybridized carbons (Fsp3) is 0.158. The average Bonchev–Trinajstić information content (AvgIpc) is 2.66. The van der Waals surface area contributed by atoms with E-state index in [9.17, 15) is 19.7 Å². The summed E-state index contributed by atoms with van der Waals surface area (Å²) in [6, 6.07) is 11.1. The Morgan fingerprint density at radius 3 is 2.48 bits per heavy atom. The van der Waals surface area contributed by atoms with Crippen LogP contribution in [0.1, 0.15) is 11.1 Å². The standard InChI is InChI=1S/C19H18N2O6/c1-13-11-15(21(24)25)6-9-17(13)20-18(22)12-27-19(23)10-5-14-3-7-16(26-2)8-4-14/h3-11H,12H2,1-2H3,(H,20,22)/b10-5+. The first-order valence-corrected chi connectivity index (χ1v) is 7.93. The first-order chi connectivity index (χ1) is 12.9. The quantitative estimate of drug-likeness (QED) is 0.347. The summed E-state index contributed by atoms with van der Waals surface area (Å²) in [4.78, 5) is 33.8. The molecular formula is C19H18N2O6.